The number of fused-ring (bicyclic) bond motifs is 1. The number of rotatable bonds is 5. The van der Waals surface area contributed by atoms with E-state index in [1.165, 1.54) is 12.8 Å². The van der Waals surface area contributed by atoms with E-state index in [1.807, 2.05) is 44.7 Å². The van der Waals surface area contributed by atoms with Crippen LogP contribution in [-0.2, 0) is 6.54 Å². The van der Waals surface area contributed by atoms with Gasteiger partial charge in [-0.05, 0) is 56.3 Å². The number of benzene rings is 1. The number of carbonyl (C=O) groups is 1. The van der Waals surface area contributed by atoms with Gasteiger partial charge in [0.25, 0.3) is 5.91 Å². The topological polar surface area (TPSA) is 73.9 Å². The fraction of sp³-hybridized carbons (Fsp3) is 0.381. The molecular weight excluding hydrogens is 338 g/mol. The van der Waals surface area contributed by atoms with E-state index in [0.717, 1.165) is 47.0 Å². The van der Waals surface area contributed by atoms with E-state index in [9.17, 15) is 4.79 Å². The van der Waals surface area contributed by atoms with Crippen LogP contribution in [0.15, 0.2) is 36.7 Å². The van der Waals surface area contributed by atoms with Crippen molar-refractivity contribution in [3.8, 4) is 11.1 Å². The van der Waals surface area contributed by atoms with Gasteiger partial charge in [-0.2, -0.15) is 5.10 Å². The molecule has 1 fully saturated rings. The molecule has 4 rings (SSSR count). The zero-order valence-corrected chi connectivity index (χ0v) is 15.8. The first-order chi connectivity index (χ1) is 13.1. The van der Waals surface area contributed by atoms with E-state index in [2.05, 4.69) is 31.5 Å². The van der Waals surface area contributed by atoms with E-state index < -0.39 is 0 Å². The van der Waals surface area contributed by atoms with E-state index in [4.69, 9.17) is 0 Å². The molecule has 1 aliphatic carbocycles. The lowest BCUT2D eigenvalue weighted by molar-refractivity contribution is 0.0934. The zero-order valence-electron chi connectivity index (χ0n) is 15.8. The highest BCUT2D eigenvalue weighted by Gasteiger charge is 2.21. The first-order valence-electron chi connectivity index (χ1n) is 9.48. The summed E-state index contributed by atoms with van der Waals surface area (Å²) in [6, 6.07) is 8.46. The first-order valence-corrected chi connectivity index (χ1v) is 9.48. The van der Waals surface area contributed by atoms with Crippen LogP contribution in [0.4, 0.5) is 0 Å². The van der Waals surface area contributed by atoms with Gasteiger partial charge >= 0.3 is 0 Å². The van der Waals surface area contributed by atoms with Crippen LogP contribution >= 0.6 is 0 Å². The van der Waals surface area contributed by atoms with Gasteiger partial charge in [-0.15, -0.1) is 0 Å². The van der Waals surface area contributed by atoms with Gasteiger partial charge in [0.1, 0.15) is 0 Å². The number of nitrogens with zero attached hydrogens (tertiary/aromatic N) is 3. The molecule has 1 aliphatic rings. The maximum Gasteiger partial charge on any atom is 0.272 e. The summed E-state index contributed by atoms with van der Waals surface area (Å²) >= 11 is 0. The lowest BCUT2D eigenvalue weighted by Crippen LogP contribution is -2.32. The summed E-state index contributed by atoms with van der Waals surface area (Å²) in [5.41, 5.74) is 4.57. The van der Waals surface area contributed by atoms with Gasteiger partial charge in [0, 0.05) is 35.9 Å². The average molecular weight is 363 g/mol. The molecule has 2 N–H and O–H groups in total. The molecular formula is C21H25N5O. The number of pyridine rings is 1. The fourth-order valence-electron chi connectivity index (χ4n) is 3.79. The van der Waals surface area contributed by atoms with Crippen LogP contribution in [0.2, 0.25) is 0 Å². The summed E-state index contributed by atoms with van der Waals surface area (Å²) in [6.45, 7) is 0.837. The van der Waals surface area contributed by atoms with Crippen molar-refractivity contribution in [2.45, 2.75) is 38.3 Å². The number of nitrogens with one attached hydrogen (secondary N) is 2. The lowest BCUT2D eigenvalue weighted by atomic mass is 10.0. The Hall–Kier alpha value is -2.73. The summed E-state index contributed by atoms with van der Waals surface area (Å²) in [7, 11) is 4.08. The van der Waals surface area contributed by atoms with Gasteiger partial charge in [-0.25, -0.2) is 0 Å². The largest absolute Gasteiger partial charge is 0.348 e. The summed E-state index contributed by atoms with van der Waals surface area (Å²) in [5, 5.41) is 11.2. The second-order valence-electron chi connectivity index (χ2n) is 7.61. The molecule has 0 unspecified atom stereocenters. The van der Waals surface area contributed by atoms with Gasteiger partial charge in [0.05, 0.1) is 5.52 Å². The van der Waals surface area contributed by atoms with Crippen LogP contribution in [0.25, 0.3) is 22.0 Å². The minimum atomic E-state index is -0.0928. The fourth-order valence-corrected chi connectivity index (χ4v) is 3.79. The Morgan fingerprint density at radius 2 is 2.00 bits per heavy atom. The minimum Gasteiger partial charge on any atom is -0.348 e. The first kappa shape index (κ1) is 17.7. The number of amides is 1. The van der Waals surface area contributed by atoms with Crippen molar-refractivity contribution in [1.82, 2.24) is 25.4 Å². The van der Waals surface area contributed by atoms with E-state index >= 15 is 0 Å². The number of H-pyrrole nitrogens is 1. The van der Waals surface area contributed by atoms with Crippen molar-refractivity contribution in [1.29, 1.82) is 0 Å². The van der Waals surface area contributed by atoms with Crippen LogP contribution in [0.3, 0.4) is 0 Å². The predicted octanol–water partition coefficient (Wildman–Crippen LogP) is 3.36. The van der Waals surface area contributed by atoms with E-state index in [1.54, 1.807) is 0 Å². The quantitative estimate of drug-likeness (QED) is 0.729. The average Bonchev–Trinajstić information content (AvgIpc) is 3.30. The van der Waals surface area contributed by atoms with E-state index in [0.29, 0.717) is 5.69 Å². The summed E-state index contributed by atoms with van der Waals surface area (Å²) in [6.07, 6.45) is 8.24. The zero-order chi connectivity index (χ0) is 18.8. The molecule has 1 saturated carbocycles. The Balaban J connectivity index is 1.64. The number of hydrogen-bond donors (Lipinski definition) is 2. The molecule has 27 heavy (non-hydrogen) atoms. The number of carbonyl (C=O) groups excluding carboxylic acids is 1. The number of aromatic amines is 1. The predicted molar refractivity (Wildman–Crippen MR) is 106 cm³/mol. The van der Waals surface area contributed by atoms with Gasteiger partial charge in [0.2, 0.25) is 0 Å². The Bertz CT molecular complexity index is 956. The molecule has 0 saturated heterocycles. The Morgan fingerprint density at radius 3 is 2.78 bits per heavy atom. The molecule has 0 spiro atoms. The minimum absolute atomic E-state index is 0.0928. The smallest absolute Gasteiger partial charge is 0.272 e. The van der Waals surface area contributed by atoms with E-state index in [-0.39, 0.29) is 11.9 Å². The highest BCUT2D eigenvalue weighted by atomic mass is 16.2. The Labute approximate surface area is 159 Å². The third kappa shape index (κ3) is 3.85. The van der Waals surface area contributed by atoms with Crippen molar-refractivity contribution in [2.75, 3.05) is 14.1 Å². The van der Waals surface area contributed by atoms with Crippen LogP contribution in [0, 0.1) is 0 Å². The van der Waals surface area contributed by atoms with Gasteiger partial charge in [0.15, 0.2) is 5.69 Å². The molecule has 6 heteroatoms. The second kappa shape index (κ2) is 7.48. The number of hydrogen-bond acceptors (Lipinski definition) is 4. The third-order valence-corrected chi connectivity index (χ3v) is 5.10. The van der Waals surface area contributed by atoms with Crippen molar-refractivity contribution in [3.05, 3.63) is 47.9 Å². The Morgan fingerprint density at radius 1 is 1.19 bits per heavy atom. The van der Waals surface area contributed by atoms with Crippen LogP contribution in [0.5, 0.6) is 0 Å². The lowest BCUT2D eigenvalue weighted by Gasteiger charge is -2.11. The molecule has 1 amide bonds. The van der Waals surface area contributed by atoms with Crippen LogP contribution in [0.1, 0.15) is 41.7 Å². The Kier molecular flexibility index (Phi) is 4.90. The normalized spacial score (nSPS) is 14.9. The summed E-state index contributed by atoms with van der Waals surface area (Å²) in [4.78, 5) is 19.2. The van der Waals surface area contributed by atoms with Gasteiger partial charge < -0.3 is 10.2 Å². The van der Waals surface area contributed by atoms with Gasteiger partial charge in [-0.3, -0.25) is 14.9 Å². The maximum absolute atomic E-state index is 12.7. The maximum atomic E-state index is 12.7. The molecule has 1 aromatic carbocycles. The molecule has 2 heterocycles. The molecule has 0 atom stereocenters. The van der Waals surface area contributed by atoms with Crippen LogP contribution < -0.4 is 5.32 Å². The highest BCUT2D eigenvalue weighted by molar-refractivity contribution is 6.05. The molecule has 140 valence electrons. The molecule has 0 radical (unpaired) electrons. The summed E-state index contributed by atoms with van der Waals surface area (Å²) < 4.78 is 0. The van der Waals surface area contributed by atoms with Crippen molar-refractivity contribution in [2.24, 2.45) is 0 Å². The summed E-state index contributed by atoms with van der Waals surface area (Å²) in [5.74, 6) is -0.0928. The second-order valence-corrected chi connectivity index (χ2v) is 7.61. The monoisotopic (exact) mass is 363 g/mol. The van der Waals surface area contributed by atoms with Crippen molar-refractivity contribution >= 4 is 16.8 Å². The highest BCUT2D eigenvalue weighted by Crippen LogP contribution is 2.26. The van der Waals surface area contributed by atoms with Crippen molar-refractivity contribution in [3.63, 3.8) is 0 Å². The molecule has 2 aromatic heterocycles. The van der Waals surface area contributed by atoms with Gasteiger partial charge in [-0.1, -0.05) is 18.9 Å². The van der Waals surface area contributed by atoms with Crippen LogP contribution in [-0.4, -0.2) is 46.1 Å². The standard InChI is InChI=1S/C21H25N5O/c1-26(2)13-14-9-16(12-22-11-14)15-7-8-19-18(10-15)20(25-24-19)21(27)23-17-5-3-4-6-17/h7-12,17H,3-6,13H2,1-2H3,(H,23,27)(H,24,25). The molecule has 0 aliphatic heterocycles. The molecule has 6 nitrogen and oxygen atoms in total. The molecule has 0 bridgehead atoms. The SMILES string of the molecule is CN(C)Cc1cncc(-c2ccc3[nH]nc(C(=O)NC4CCCC4)c3c2)c1. The number of aromatic nitrogens is 3. The molecule has 3 aromatic rings. The third-order valence-electron chi connectivity index (χ3n) is 5.10. The van der Waals surface area contributed by atoms with Crippen molar-refractivity contribution < 1.29 is 4.79 Å².